The molecule has 6 atom stereocenters. The van der Waals surface area contributed by atoms with Crippen molar-refractivity contribution in [3.05, 3.63) is 48.0 Å². The Labute approximate surface area is 206 Å². The minimum absolute atomic E-state index is 0.226. The Kier molecular flexibility index (Phi) is 6.75. The summed E-state index contributed by atoms with van der Waals surface area (Å²) in [6.07, 6.45) is -0.263. The smallest absolute Gasteiger partial charge is 0.325 e. The standard InChI is InChI=1S/C23H29N7O6/c1-2-35-23(34)15(7-12-8-25-14-6-4-3-5-13(12)14)28-30-11-27-21-17(20(30)24)26-10-29(21)22-19(33)18(32)16(9-31)36-22/h3-6,8,10-11,15-16,18-20,22,25,28,31-33H,2,7,9,24H2,1H3/t15-,16+,18?,19?,20?,22+/m0/s1. The van der Waals surface area contributed by atoms with Crippen LogP contribution in [0.1, 0.15) is 30.6 Å². The van der Waals surface area contributed by atoms with Gasteiger partial charge in [0, 0.05) is 23.5 Å². The van der Waals surface area contributed by atoms with Crippen molar-refractivity contribution >= 4 is 29.0 Å². The number of aliphatic hydroxyl groups excluding tert-OH is 3. The molecule has 2 aliphatic heterocycles. The molecule has 2 aliphatic rings. The fraction of sp³-hybridized carbons (Fsp3) is 0.435. The van der Waals surface area contributed by atoms with Crippen molar-refractivity contribution in [3.63, 3.8) is 0 Å². The second-order valence-corrected chi connectivity index (χ2v) is 8.68. The van der Waals surface area contributed by atoms with Crippen LogP contribution in [0.3, 0.4) is 0 Å². The third kappa shape index (κ3) is 4.25. The zero-order valence-corrected chi connectivity index (χ0v) is 19.6. The third-order valence-corrected chi connectivity index (χ3v) is 6.45. The van der Waals surface area contributed by atoms with Crippen LogP contribution >= 0.6 is 0 Å². The molecule has 0 amide bonds. The van der Waals surface area contributed by atoms with E-state index in [1.807, 2.05) is 30.5 Å². The number of ether oxygens (including phenoxy) is 2. The molecule has 1 saturated heterocycles. The normalized spacial score (nSPS) is 26.4. The Balaban J connectivity index is 1.36. The lowest BCUT2D eigenvalue weighted by molar-refractivity contribution is -0.147. The minimum Gasteiger partial charge on any atom is -0.465 e. The van der Waals surface area contributed by atoms with Crippen LogP contribution in [0.25, 0.3) is 10.9 Å². The first-order valence-corrected chi connectivity index (χ1v) is 11.7. The van der Waals surface area contributed by atoms with E-state index < -0.39 is 49.3 Å². The highest BCUT2D eigenvalue weighted by Crippen LogP contribution is 2.36. The van der Waals surface area contributed by atoms with E-state index in [4.69, 9.17) is 15.2 Å². The van der Waals surface area contributed by atoms with Crippen molar-refractivity contribution in [2.45, 2.75) is 50.1 Å². The number of esters is 1. The fourth-order valence-corrected chi connectivity index (χ4v) is 4.57. The van der Waals surface area contributed by atoms with Crippen molar-refractivity contribution in [1.29, 1.82) is 0 Å². The summed E-state index contributed by atoms with van der Waals surface area (Å²) in [7, 11) is 0. The number of nitrogens with zero attached hydrogens (tertiary/aromatic N) is 4. The molecular formula is C23H29N7O6. The van der Waals surface area contributed by atoms with Gasteiger partial charge in [0.25, 0.3) is 0 Å². The van der Waals surface area contributed by atoms with E-state index in [1.165, 1.54) is 22.2 Å². The number of aliphatic imine (C=N–C) groups is 1. The molecule has 2 aromatic heterocycles. The van der Waals surface area contributed by atoms with Crippen LogP contribution in [0.15, 0.2) is 41.8 Å². The zero-order valence-electron chi connectivity index (χ0n) is 19.6. The molecule has 1 aromatic carbocycles. The molecule has 13 heteroatoms. The molecule has 0 bridgehead atoms. The number of fused-ring (bicyclic) bond motifs is 2. The number of H-pyrrole nitrogens is 1. The molecule has 0 aliphatic carbocycles. The topological polar surface area (TPSA) is 183 Å². The van der Waals surface area contributed by atoms with E-state index in [-0.39, 0.29) is 6.61 Å². The summed E-state index contributed by atoms with van der Waals surface area (Å²) in [4.78, 5) is 24.8. The van der Waals surface area contributed by atoms with Crippen molar-refractivity contribution in [2.75, 3.05) is 13.2 Å². The summed E-state index contributed by atoms with van der Waals surface area (Å²) in [5, 5.41) is 32.3. The number of nitrogens with one attached hydrogen (secondary N) is 2. The van der Waals surface area contributed by atoms with Crippen LogP contribution < -0.4 is 11.2 Å². The lowest BCUT2D eigenvalue weighted by Gasteiger charge is -2.32. The maximum absolute atomic E-state index is 12.8. The van der Waals surface area contributed by atoms with Gasteiger partial charge in [0.2, 0.25) is 0 Å². The Bertz CT molecular complexity index is 1260. The average molecular weight is 500 g/mol. The quantitative estimate of drug-likeness (QED) is 0.223. The van der Waals surface area contributed by atoms with Gasteiger partial charge in [-0.2, -0.15) is 0 Å². The van der Waals surface area contributed by atoms with Crippen LogP contribution in [0.2, 0.25) is 0 Å². The molecular weight excluding hydrogens is 470 g/mol. The Morgan fingerprint density at radius 3 is 2.89 bits per heavy atom. The number of hydrogen-bond donors (Lipinski definition) is 6. The first-order chi connectivity index (χ1) is 17.4. The third-order valence-electron chi connectivity index (χ3n) is 6.45. The number of para-hydroxylation sites is 1. The molecule has 0 radical (unpaired) electrons. The lowest BCUT2D eigenvalue weighted by Crippen LogP contribution is -2.53. The molecule has 13 nitrogen and oxygen atoms in total. The van der Waals surface area contributed by atoms with Crippen LogP contribution in [0.5, 0.6) is 0 Å². The van der Waals surface area contributed by atoms with E-state index in [2.05, 4.69) is 20.4 Å². The molecule has 3 unspecified atom stereocenters. The van der Waals surface area contributed by atoms with Gasteiger partial charge in [0.15, 0.2) is 12.0 Å². The molecule has 192 valence electrons. The Morgan fingerprint density at radius 1 is 1.33 bits per heavy atom. The summed E-state index contributed by atoms with van der Waals surface area (Å²) in [6, 6.07) is 7.05. The molecule has 1 fully saturated rings. The maximum Gasteiger partial charge on any atom is 0.325 e. The molecule has 36 heavy (non-hydrogen) atoms. The SMILES string of the molecule is CCOC(=O)[C@H](Cc1c[nH]c2ccccc12)NN1C=Nc2c(ncn2[C@@H]2O[C@H](CO)C(O)C2O)C1N. The van der Waals surface area contributed by atoms with Crippen molar-refractivity contribution in [3.8, 4) is 0 Å². The predicted molar refractivity (Wildman–Crippen MR) is 128 cm³/mol. The summed E-state index contributed by atoms with van der Waals surface area (Å²) >= 11 is 0. The number of carbonyl (C=O) groups excluding carboxylic acids is 1. The highest BCUT2D eigenvalue weighted by atomic mass is 16.6. The van der Waals surface area contributed by atoms with E-state index in [1.54, 1.807) is 6.92 Å². The number of carbonyl (C=O) groups is 1. The largest absolute Gasteiger partial charge is 0.465 e. The average Bonchev–Trinajstić information content (AvgIpc) is 3.57. The number of hydrogen-bond acceptors (Lipinski definition) is 11. The van der Waals surface area contributed by atoms with Crippen LogP contribution in [-0.4, -0.2) is 84.7 Å². The fourth-order valence-electron chi connectivity index (χ4n) is 4.57. The van der Waals surface area contributed by atoms with Crippen molar-refractivity contribution in [1.82, 2.24) is 25.0 Å². The molecule has 0 saturated carbocycles. The van der Waals surface area contributed by atoms with Gasteiger partial charge < -0.3 is 35.5 Å². The summed E-state index contributed by atoms with van der Waals surface area (Å²) in [6.45, 7) is 1.52. The summed E-state index contributed by atoms with van der Waals surface area (Å²) in [5.74, 6) is -0.106. The van der Waals surface area contributed by atoms with Gasteiger partial charge in [-0.1, -0.05) is 18.2 Å². The highest BCUT2D eigenvalue weighted by molar-refractivity contribution is 5.84. The number of nitrogens with two attached hydrogens (primary N) is 1. The van der Waals surface area contributed by atoms with Gasteiger partial charge in [-0.3, -0.25) is 14.4 Å². The van der Waals surface area contributed by atoms with E-state index in [0.717, 1.165) is 16.5 Å². The van der Waals surface area contributed by atoms with Gasteiger partial charge in [-0.25, -0.2) is 15.4 Å². The monoisotopic (exact) mass is 499 g/mol. The van der Waals surface area contributed by atoms with Crippen molar-refractivity contribution < 1.29 is 29.6 Å². The second-order valence-electron chi connectivity index (χ2n) is 8.68. The number of benzene rings is 1. The van der Waals surface area contributed by atoms with E-state index in [9.17, 15) is 20.1 Å². The minimum atomic E-state index is -1.28. The lowest BCUT2D eigenvalue weighted by atomic mass is 10.1. The number of imidazole rings is 1. The van der Waals surface area contributed by atoms with Gasteiger partial charge in [-0.05, 0) is 18.6 Å². The van der Waals surface area contributed by atoms with E-state index >= 15 is 0 Å². The summed E-state index contributed by atoms with van der Waals surface area (Å²) < 4.78 is 12.3. The predicted octanol–water partition coefficient (Wildman–Crippen LogP) is -0.412. The molecule has 5 rings (SSSR count). The zero-order chi connectivity index (χ0) is 25.4. The Hall–Kier alpha value is -3.33. The van der Waals surface area contributed by atoms with Crippen LogP contribution in [0.4, 0.5) is 5.82 Å². The van der Waals surface area contributed by atoms with Crippen LogP contribution in [-0.2, 0) is 20.7 Å². The number of hydrazine groups is 1. The number of rotatable bonds is 8. The number of aromatic amines is 1. The van der Waals surface area contributed by atoms with Crippen molar-refractivity contribution in [2.24, 2.45) is 10.7 Å². The van der Waals surface area contributed by atoms with Gasteiger partial charge in [0.1, 0.15) is 42.6 Å². The van der Waals surface area contributed by atoms with Crippen LogP contribution in [0, 0.1) is 0 Å². The number of aliphatic hydroxyl groups is 3. The van der Waals surface area contributed by atoms with E-state index in [0.29, 0.717) is 17.9 Å². The first kappa shape index (κ1) is 24.4. The first-order valence-electron chi connectivity index (χ1n) is 11.7. The van der Waals surface area contributed by atoms with Gasteiger partial charge in [0.05, 0.1) is 19.5 Å². The summed E-state index contributed by atoms with van der Waals surface area (Å²) in [5.41, 5.74) is 11.8. The molecule has 3 aromatic rings. The molecule has 0 spiro atoms. The van der Waals surface area contributed by atoms with Gasteiger partial charge in [-0.15, -0.1) is 0 Å². The molecule has 7 N–H and O–H groups in total. The second kappa shape index (κ2) is 9.97. The Morgan fingerprint density at radius 2 is 2.14 bits per heavy atom. The highest BCUT2D eigenvalue weighted by Gasteiger charge is 2.45. The number of aromatic nitrogens is 3. The van der Waals surface area contributed by atoms with Gasteiger partial charge >= 0.3 is 5.97 Å². The molecule has 4 heterocycles. The maximum atomic E-state index is 12.8.